The summed E-state index contributed by atoms with van der Waals surface area (Å²) in [5.74, 6) is -3.52. The summed E-state index contributed by atoms with van der Waals surface area (Å²) in [6.07, 6.45) is 4.87. The average molecular weight is 1100 g/mol. The molecule has 5 aliphatic rings. The number of carboxylic acid groups (broad SMARTS) is 4. The van der Waals surface area contributed by atoms with E-state index in [1.807, 2.05) is 37.9 Å². The van der Waals surface area contributed by atoms with Gasteiger partial charge in [-0.3, -0.25) is 48.4 Å². The maximum absolute atomic E-state index is 14.4. The van der Waals surface area contributed by atoms with E-state index < -0.39 is 35.3 Å². The second-order valence-corrected chi connectivity index (χ2v) is 22.2. The van der Waals surface area contributed by atoms with Crippen molar-refractivity contribution < 1.29 is 63.5 Å². The van der Waals surface area contributed by atoms with Crippen LogP contribution in [0.5, 0.6) is 11.5 Å². The van der Waals surface area contributed by atoms with Crippen LogP contribution in [0.25, 0.3) is 16.9 Å². The van der Waals surface area contributed by atoms with E-state index >= 15 is 0 Å². The lowest BCUT2D eigenvalue weighted by atomic mass is 9.70. The molecule has 4 bridgehead atoms. The second-order valence-electron chi connectivity index (χ2n) is 22.2. The number of nitrogens with one attached hydrogen (secondary N) is 2. The molecule has 3 aromatic rings. The maximum Gasteiger partial charge on any atom is 0.330 e. The quantitative estimate of drug-likeness (QED) is 0.0710. The monoisotopic (exact) mass is 1100 g/mol. The number of aliphatic carboxylic acids is 4. The Morgan fingerprint density at radius 2 is 1.27 bits per heavy atom. The molecule has 1 aromatic heterocycles. The van der Waals surface area contributed by atoms with Gasteiger partial charge in [-0.05, 0) is 130 Å². The van der Waals surface area contributed by atoms with Crippen molar-refractivity contribution >= 4 is 47.3 Å². The van der Waals surface area contributed by atoms with Gasteiger partial charge in [0.2, 0.25) is 11.8 Å². The first-order valence-electron chi connectivity index (χ1n) is 27.5. The van der Waals surface area contributed by atoms with E-state index in [0.717, 1.165) is 31.2 Å². The second kappa shape index (κ2) is 27.0. The molecule has 432 valence electrons. The molecule has 5 fully saturated rings. The lowest BCUT2D eigenvalue weighted by Crippen LogP contribution is -2.62. The molecular weight excluding hydrogens is 1020 g/mol. The minimum atomic E-state index is -1.36. The number of anilines is 1. The molecular formula is C56H80N10O13. The number of amides is 3. The molecule has 1 aliphatic heterocycles. The van der Waals surface area contributed by atoms with Crippen molar-refractivity contribution in [2.75, 3.05) is 132 Å². The predicted octanol–water partition coefficient (Wildman–Crippen LogP) is 3.27. The summed E-state index contributed by atoms with van der Waals surface area (Å²) in [7, 11) is 6.78. The minimum absolute atomic E-state index is 0.0489. The van der Waals surface area contributed by atoms with E-state index in [1.54, 1.807) is 75.9 Å². The number of aromatic nitrogens is 2. The first kappa shape index (κ1) is 60.0. The number of rotatable bonds is 25. The maximum atomic E-state index is 14.4. The first-order chi connectivity index (χ1) is 37.7. The number of carbonyl (C=O) groups excluding carboxylic acids is 3. The third kappa shape index (κ3) is 15.0. The lowest BCUT2D eigenvalue weighted by molar-refractivity contribution is -0.150. The largest absolute Gasteiger partial charge is 0.496 e. The number of ether oxygens (including phenoxy) is 2. The van der Waals surface area contributed by atoms with Gasteiger partial charge in [0.1, 0.15) is 17.0 Å². The van der Waals surface area contributed by atoms with E-state index in [-0.39, 0.29) is 100.0 Å². The Kier molecular flexibility index (Phi) is 20.5. The number of benzene rings is 2. The molecule has 5 unspecified atom stereocenters. The molecule has 8 rings (SSSR count). The number of nitrogens with zero attached hydrogens (tertiary/aromatic N) is 8. The summed E-state index contributed by atoms with van der Waals surface area (Å²) < 4.78 is 13.3. The van der Waals surface area contributed by atoms with Gasteiger partial charge in [0.25, 0.3) is 5.91 Å². The standard InChI is InChI=1S/C56H80N10O13/c1-36(2)41-30-40(13-14-44(41)66-45(53-46(78-5)10-7-11-47(53)79-6)31-43(59-66)54(75)58-56(55(76)77)39-27-37-26-38(29-39)42(56)28-37)57-48(67)12-8-15-60(3)16-9-17-61(4)49(68)32-62-18-20-63(33-50(69)70)22-24-65(35-52(73)74)25-23-64(21-19-62)34-51(71)72/h7,10-11,13-14,30-31,36-39,42H,8-9,12,15-29,32-35H2,1-6H3,(H,57,67)(H,58,75)(H,69,70)(H,71,72)(H,73,74)(H,76,77). The van der Waals surface area contributed by atoms with Crippen LogP contribution < -0.4 is 20.1 Å². The Hall–Kier alpha value is -6.66. The summed E-state index contributed by atoms with van der Waals surface area (Å²) in [5.41, 5.74) is 1.80. The minimum Gasteiger partial charge on any atom is -0.496 e. The Morgan fingerprint density at radius 1 is 0.709 bits per heavy atom. The van der Waals surface area contributed by atoms with Crippen molar-refractivity contribution in [2.45, 2.75) is 70.3 Å². The number of methoxy groups -OCH3 is 2. The van der Waals surface area contributed by atoms with Crippen LogP contribution in [0.2, 0.25) is 0 Å². The highest BCUT2D eigenvalue weighted by Crippen LogP contribution is 2.63. The highest BCUT2D eigenvalue weighted by molar-refractivity contribution is 5.98. The van der Waals surface area contributed by atoms with Crippen LogP contribution in [-0.4, -0.2) is 233 Å². The zero-order valence-electron chi connectivity index (χ0n) is 46.5. The number of hydrogen-bond acceptors (Lipinski definition) is 15. The van der Waals surface area contributed by atoms with E-state index in [0.29, 0.717) is 98.7 Å². The summed E-state index contributed by atoms with van der Waals surface area (Å²) in [6, 6.07) is 12.6. The Bertz CT molecular complexity index is 2620. The van der Waals surface area contributed by atoms with Gasteiger partial charge in [-0.15, -0.1) is 0 Å². The summed E-state index contributed by atoms with van der Waals surface area (Å²) >= 11 is 0. The molecule has 23 nitrogen and oxygen atoms in total. The van der Waals surface area contributed by atoms with E-state index in [2.05, 4.69) is 15.5 Å². The predicted molar refractivity (Wildman–Crippen MR) is 293 cm³/mol. The SMILES string of the molecule is COc1cccc(OC)c1-c1cc(C(=O)NC2(C(=O)O)C3CC4CC(C3)C2C4)nn1-c1ccc(NC(=O)CCCN(C)CCCN(C)C(=O)CN2CCN(CC(=O)O)CCN(CC(=O)O)CCN(CC(=O)O)CC2)cc1C(C)C. The van der Waals surface area contributed by atoms with Crippen LogP contribution in [0.15, 0.2) is 42.5 Å². The van der Waals surface area contributed by atoms with E-state index in [4.69, 9.17) is 14.6 Å². The highest BCUT2D eigenvalue weighted by atomic mass is 16.5. The first-order valence-corrected chi connectivity index (χ1v) is 27.5. The number of carboxylic acids is 4. The lowest BCUT2D eigenvalue weighted by Gasteiger charge is -2.41. The van der Waals surface area contributed by atoms with Crippen LogP contribution in [0.4, 0.5) is 5.69 Å². The van der Waals surface area contributed by atoms with Crippen molar-refractivity contribution in [1.29, 1.82) is 0 Å². The third-order valence-corrected chi connectivity index (χ3v) is 16.5. The molecule has 0 spiro atoms. The van der Waals surface area contributed by atoms with Gasteiger partial charge in [-0.1, -0.05) is 19.9 Å². The van der Waals surface area contributed by atoms with Gasteiger partial charge in [-0.25, -0.2) is 9.48 Å². The molecule has 4 saturated carbocycles. The third-order valence-electron chi connectivity index (χ3n) is 16.5. The van der Waals surface area contributed by atoms with Crippen molar-refractivity contribution in [2.24, 2.45) is 23.7 Å². The van der Waals surface area contributed by atoms with Crippen molar-refractivity contribution in [3.05, 3.63) is 53.7 Å². The molecule has 79 heavy (non-hydrogen) atoms. The fraction of sp³-hybridized carbons (Fsp3) is 0.607. The van der Waals surface area contributed by atoms with Gasteiger partial charge >= 0.3 is 23.9 Å². The number of hydrogen-bond donors (Lipinski definition) is 6. The van der Waals surface area contributed by atoms with Crippen molar-refractivity contribution in [3.63, 3.8) is 0 Å². The smallest absolute Gasteiger partial charge is 0.330 e. The van der Waals surface area contributed by atoms with E-state index in [9.17, 15) is 54.0 Å². The molecule has 4 aliphatic carbocycles. The van der Waals surface area contributed by atoms with E-state index in [1.165, 1.54) is 0 Å². The average Bonchev–Trinajstić information content (AvgIpc) is 4.25. The van der Waals surface area contributed by atoms with Gasteiger partial charge in [0.15, 0.2) is 5.69 Å². The molecule has 0 radical (unpaired) electrons. The van der Waals surface area contributed by atoms with Gasteiger partial charge < -0.3 is 50.3 Å². The molecule has 6 N–H and O–H groups in total. The fourth-order valence-corrected chi connectivity index (χ4v) is 12.5. The molecule has 5 atom stereocenters. The normalized spacial score (nSPS) is 22.1. The zero-order chi connectivity index (χ0) is 57.1. The van der Waals surface area contributed by atoms with Crippen LogP contribution in [-0.2, 0) is 28.8 Å². The van der Waals surface area contributed by atoms with Crippen molar-refractivity contribution in [1.82, 2.24) is 44.5 Å². The van der Waals surface area contributed by atoms with Gasteiger partial charge in [0.05, 0.1) is 57.3 Å². The molecule has 2 aromatic carbocycles. The topological polar surface area (TPSA) is 280 Å². The Balaban J connectivity index is 0.943. The summed E-state index contributed by atoms with van der Waals surface area (Å²) in [4.78, 5) is 100. The van der Waals surface area contributed by atoms with Crippen LogP contribution >= 0.6 is 0 Å². The Labute approximate surface area is 461 Å². The summed E-state index contributed by atoms with van der Waals surface area (Å²) in [5, 5.41) is 50.3. The molecule has 2 heterocycles. The Morgan fingerprint density at radius 3 is 1.78 bits per heavy atom. The molecule has 3 amide bonds. The van der Waals surface area contributed by atoms with Gasteiger partial charge in [-0.2, -0.15) is 5.10 Å². The van der Waals surface area contributed by atoms with Crippen molar-refractivity contribution in [3.8, 4) is 28.4 Å². The zero-order valence-corrected chi connectivity index (χ0v) is 46.5. The van der Waals surface area contributed by atoms with Gasteiger partial charge in [0, 0.05) is 78.1 Å². The molecule has 1 saturated heterocycles. The summed E-state index contributed by atoms with van der Waals surface area (Å²) in [6.45, 7) is 7.58. The van der Waals surface area contributed by atoms with Crippen LogP contribution in [0, 0.1) is 23.7 Å². The fourth-order valence-electron chi connectivity index (χ4n) is 12.5. The van der Waals surface area contributed by atoms with Crippen LogP contribution in [0.3, 0.4) is 0 Å². The molecule has 23 heteroatoms. The number of likely N-dealkylation sites (N-methyl/N-ethyl adjacent to an activating group) is 1. The number of carbonyl (C=O) groups is 7. The van der Waals surface area contributed by atoms with Crippen LogP contribution in [0.1, 0.15) is 80.8 Å². The highest BCUT2D eigenvalue weighted by Gasteiger charge is 2.67.